The Bertz CT molecular complexity index is 1120. The minimum atomic E-state index is -0.565. The van der Waals surface area contributed by atoms with E-state index in [4.69, 9.17) is 9.26 Å². The van der Waals surface area contributed by atoms with Gasteiger partial charge in [-0.15, -0.1) is 11.3 Å². The van der Waals surface area contributed by atoms with Crippen molar-refractivity contribution < 1.29 is 18.8 Å². The lowest BCUT2D eigenvalue weighted by Crippen LogP contribution is -2.14. The molecule has 0 aliphatic heterocycles. The van der Waals surface area contributed by atoms with Crippen LogP contribution in [0.2, 0.25) is 0 Å². The number of carbonyl (C=O) groups excluding carboxylic acids is 2. The number of nitrogens with one attached hydrogen (secondary N) is 1. The molecule has 0 radical (unpaired) electrons. The van der Waals surface area contributed by atoms with Crippen LogP contribution in [0.25, 0.3) is 11.3 Å². The van der Waals surface area contributed by atoms with Crippen LogP contribution in [0, 0.1) is 0 Å². The number of nitrogens with zero attached hydrogens (tertiary/aromatic N) is 1. The number of benzene rings is 2. The molecule has 4 aromatic rings. The van der Waals surface area contributed by atoms with Gasteiger partial charge in [0.2, 0.25) is 0 Å². The van der Waals surface area contributed by atoms with E-state index in [0.29, 0.717) is 22.0 Å². The number of thiophene rings is 1. The Balaban J connectivity index is 1.43. The van der Waals surface area contributed by atoms with Crippen molar-refractivity contribution in [2.75, 3.05) is 5.32 Å². The van der Waals surface area contributed by atoms with Crippen LogP contribution < -0.4 is 5.32 Å². The molecule has 2 heterocycles. The van der Waals surface area contributed by atoms with Gasteiger partial charge in [-0.05, 0) is 23.6 Å². The van der Waals surface area contributed by atoms with Crippen LogP contribution >= 0.6 is 11.3 Å². The summed E-state index contributed by atoms with van der Waals surface area (Å²) in [6.45, 7) is -0.0636. The molecule has 1 N–H and O–H groups in total. The number of para-hydroxylation sites is 1. The monoisotopic (exact) mass is 404 g/mol. The first kappa shape index (κ1) is 18.6. The number of amides is 1. The average molecular weight is 404 g/mol. The largest absolute Gasteiger partial charge is 0.454 e. The number of rotatable bonds is 6. The molecular formula is C22H16N2O4S. The molecule has 0 saturated heterocycles. The van der Waals surface area contributed by atoms with E-state index in [-0.39, 0.29) is 18.1 Å². The first-order valence-corrected chi connectivity index (χ1v) is 9.71. The highest BCUT2D eigenvalue weighted by molar-refractivity contribution is 7.12. The Kier molecular flexibility index (Phi) is 5.49. The third-order valence-corrected chi connectivity index (χ3v) is 4.98. The summed E-state index contributed by atoms with van der Waals surface area (Å²) < 4.78 is 10.6. The molecule has 0 bridgehead atoms. The topological polar surface area (TPSA) is 81.4 Å². The molecule has 0 atom stereocenters. The number of hydrogen-bond donors (Lipinski definition) is 1. The third kappa shape index (κ3) is 4.41. The Morgan fingerprint density at radius 3 is 2.59 bits per heavy atom. The van der Waals surface area contributed by atoms with Crippen molar-refractivity contribution >= 4 is 28.9 Å². The highest BCUT2D eigenvalue weighted by Crippen LogP contribution is 2.21. The molecule has 4 rings (SSSR count). The molecule has 6 nitrogen and oxygen atoms in total. The smallest absolute Gasteiger partial charge is 0.340 e. The van der Waals surface area contributed by atoms with Gasteiger partial charge in [0.05, 0.1) is 16.1 Å². The quantitative estimate of drug-likeness (QED) is 0.457. The van der Waals surface area contributed by atoms with Gasteiger partial charge in [-0.25, -0.2) is 4.79 Å². The summed E-state index contributed by atoms with van der Waals surface area (Å²) in [5.41, 5.74) is 2.23. The summed E-state index contributed by atoms with van der Waals surface area (Å²) in [7, 11) is 0. The van der Waals surface area contributed by atoms with Crippen LogP contribution in [0.5, 0.6) is 0 Å². The van der Waals surface area contributed by atoms with Crippen molar-refractivity contribution in [3.63, 3.8) is 0 Å². The maximum atomic E-state index is 12.6. The minimum absolute atomic E-state index is 0.0636. The lowest BCUT2D eigenvalue weighted by molar-refractivity contribution is 0.0438. The van der Waals surface area contributed by atoms with E-state index in [0.717, 1.165) is 5.56 Å². The lowest BCUT2D eigenvalue weighted by atomic mass is 10.1. The van der Waals surface area contributed by atoms with Crippen LogP contribution in [0.1, 0.15) is 25.8 Å². The van der Waals surface area contributed by atoms with Gasteiger partial charge in [-0.3, -0.25) is 4.79 Å². The van der Waals surface area contributed by atoms with E-state index >= 15 is 0 Å². The second-order valence-corrected chi connectivity index (χ2v) is 7.05. The molecule has 0 aliphatic carbocycles. The van der Waals surface area contributed by atoms with Gasteiger partial charge in [0, 0.05) is 11.6 Å². The predicted octanol–water partition coefficient (Wildman–Crippen LogP) is 5.01. The van der Waals surface area contributed by atoms with Crippen LogP contribution in [-0.4, -0.2) is 17.0 Å². The summed E-state index contributed by atoms with van der Waals surface area (Å²) in [4.78, 5) is 25.4. The van der Waals surface area contributed by atoms with E-state index in [2.05, 4.69) is 10.5 Å². The summed E-state index contributed by atoms with van der Waals surface area (Å²) in [6, 6.07) is 21.5. The Labute approximate surface area is 170 Å². The molecule has 0 aliphatic rings. The van der Waals surface area contributed by atoms with Gasteiger partial charge in [0.15, 0.2) is 12.4 Å². The van der Waals surface area contributed by atoms with Gasteiger partial charge >= 0.3 is 5.97 Å². The summed E-state index contributed by atoms with van der Waals surface area (Å²) >= 11 is 1.32. The Hall–Kier alpha value is -3.71. The minimum Gasteiger partial charge on any atom is -0.454 e. The molecule has 0 fully saturated rings. The second-order valence-electron chi connectivity index (χ2n) is 6.10. The molecule has 2 aromatic carbocycles. The summed E-state index contributed by atoms with van der Waals surface area (Å²) in [5, 5.41) is 8.57. The number of aromatic nitrogens is 1. The standard InChI is InChI=1S/C22H16N2O4S/c25-21(20-11-6-12-29-20)23-18-10-5-4-9-17(18)22(26)27-14-16-13-19(24-28-16)15-7-2-1-3-8-15/h1-13H,14H2,(H,23,25). The van der Waals surface area contributed by atoms with Crippen LogP contribution in [0.3, 0.4) is 0 Å². The van der Waals surface area contributed by atoms with Gasteiger partial charge in [0.1, 0.15) is 5.69 Å². The molecular weight excluding hydrogens is 388 g/mol. The normalized spacial score (nSPS) is 10.5. The number of anilines is 1. The molecule has 29 heavy (non-hydrogen) atoms. The zero-order chi connectivity index (χ0) is 20.1. The van der Waals surface area contributed by atoms with E-state index in [1.165, 1.54) is 11.3 Å². The summed E-state index contributed by atoms with van der Waals surface area (Å²) in [5.74, 6) is -0.412. The van der Waals surface area contributed by atoms with E-state index in [1.54, 1.807) is 42.5 Å². The molecule has 144 valence electrons. The molecule has 2 aromatic heterocycles. The maximum Gasteiger partial charge on any atom is 0.340 e. The number of carbonyl (C=O) groups is 2. The van der Waals surface area contributed by atoms with Gasteiger partial charge < -0.3 is 14.6 Å². The third-order valence-electron chi connectivity index (χ3n) is 4.11. The fourth-order valence-corrected chi connectivity index (χ4v) is 3.32. The van der Waals surface area contributed by atoms with Gasteiger partial charge in [-0.2, -0.15) is 0 Å². The SMILES string of the molecule is O=C(Nc1ccccc1C(=O)OCc1cc(-c2ccccc2)no1)c1cccs1. The van der Waals surface area contributed by atoms with Crippen molar-refractivity contribution in [1.29, 1.82) is 0 Å². The number of hydrogen-bond acceptors (Lipinski definition) is 6. The lowest BCUT2D eigenvalue weighted by Gasteiger charge is -2.09. The zero-order valence-corrected chi connectivity index (χ0v) is 16.0. The molecule has 0 unspecified atom stereocenters. The van der Waals surface area contributed by atoms with Crippen LogP contribution in [0.4, 0.5) is 5.69 Å². The Morgan fingerprint density at radius 2 is 1.79 bits per heavy atom. The first-order valence-electron chi connectivity index (χ1n) is 8.83. The van der Waals surface area contributed by atoms with Gasteiger partial charge in [-0.1, -0.05) is 53.7 Å². The van der Waals surface area contributed by atoms with Gasteiger partial charge in [0.25, 0.3) is 5.91 Å². The number of ether oxygens (including phenoxy) is 1. The average Bonchev–Trinajstić information content (AvgIpc) is 3.45. The number of esters is 1. The van der Waals surface area contributed by atoms with Crippen LogP contribution in [-0.2, 0) is 11.3 Å². The highest BCUT2D eigenvalue weighted by atomic mass is 32.1. The van der Waals surface area contributed by atoms with Crippen molar-refractivity contribution in [3.05, 3.63) is 94.4 Å². The van der Waals surface area contributed by atoms with Crippen molar-refractivity contribution in [3.8, 4) is 11.3 Å². The van der Waals surface area contributed by atoms with Crippen LogP contribution in [0.15, 0.2) is 82.7 Å². The molecule has 7 heteroatoms. The molecule has 0 spiro atoms. The van der Waals surface area contributed by atoms with E-state index in [9.17, 15) is 9.59 Å². The Morgan fingerprint density at radius 1 is 1.00 bits per heavy atom. The van der Waals surface area contributed by atoms with Crippen molar-refractivity contribution in [1.82, 2.24) is 5.16 Å². The summed E-state index contributed by atoms with van der Waals surface area (Å²) in [6.07, 6.45) is 0. The highest BCUT2D eigenvalue weighted by Gasteiger charge is 2.17. The zero-order valence-electron chi connectivity index (χ0n) is 15.2. The molecule has 1 amide bonds. The predicted molar refractivity (Wildman–Crippen MR) is 110 cm³/mol. The second kappa shape index (κ2) is 8.53. The van der Waals surface area contributed by atoms with E-state index < -0.39 is 5.97 Å². The first-order chi connectivity index (χ1) is 14.2. The van der Waals surface area contributed by atoms with E-state index in [1.807, 2.05) is 35.7 Å². The van der Waals surface area contributed by atoms with Crippen molar-refractivity contribution in [2.24, 2.45) is 0 Å². The fourth-order valence-electron chi connectivity index (χ4n) is 2.70. The van der Waals surface area contributed by atoms with Crippen molar-refractivity contribution in [2.45, 2.75) is 6.61 Å². The fraction of sp³-hybridized carbons (Fsp3) is 0.0455. The maximum absolute atomic E-state index is 12.6. The molecule has 0 saturated carbocycles.